The molecule has 0 N–H and O–H groups in total. The molecule has 1 aromatic heterocycles. The summed E-state index contributed by atoms with van der Waals surface area (Å²) in [5.74, 6) is 0. The zero-order chi connectivity index (χ0) is 13.1. The van der Waals surface area contributed by atoms with E-state index in [4.69, 9.17) is 0 Å². The van der Waals surface area contributed by atoms with Gasteiger partial charge in [0.25, 0.3) is 0 Å². The molecule has 0 radical (unpaired) electrons. The Balaban J connectivity index is 1.96. The number of aromatic nitrogens is 1. The van der Waals surface area contributed by atoms with E-state index in [9.17, 15) is 0 Å². The van der Waals surface area contributed by atoms with E-state index in [1.165, 1.54) is 5.56 Å². The Morgan fingerprint density at radius 3 is 2.47 bits per heavy atom. The average Bonchev–Trinajstić information content (AvgIpc) is 2.46. The third kappa shape index (κ3) is 2.74. The molecular weight excluding hydrogens is 298 g/mol. The van der Waals surface area contributed by atoms with Gasteiger partial charge in [-0.05, 0) is 35.9 Å². The van der Waals surface area contributed by atoms with Crippen molar-refractivity contribution in [1.29, 1.82) is 0 Å². The van der Waals surface area contributed by atoms with Gasteiger partial charge in [-0.1, -0.05) is 58.4 Å². The van der Waals surface area contributed by atoms with Crippen LogP contribution >= 0.6 is 15.9 Å². The number of nitrogens with zero attached hydrogens (tertiary/aromatic N) is 1. The standard InChI is InChI=1S/C17H12BrN/c18-16-7-4-8-17-15(16)12-11-14(19-17)10-9-13-5-2-1-3-6-13/h1-12H/b10-9-. The third-order valence-corrected chi connectivity index (χ3v) is 3.64. The van der Waals surface area contributed by atoms with Crippen LogP contribution in [0.1, 0.15) is 11.3 Å². The first-order valence-electron chi connectivity index (χ1n) is 6.11. The van der Waals surface area contributed by atoms with Gasteiger partial charge < -0.3 is 0 Å². The minimum atomic E-state index is 0.967. The second-order valence-electron chi connectivity index (χ2n) is 4.29. The highest BCUT2D eigenvalue weighted by Crippen LogP contribution is 2.22. The van der Waals surface area contributed by atoms with Gasteiger partial charge in [-0.2, -0.15) is 0 Å². The predicted octanol–water partition coefficient (Wildman–Crippen LogP) is 5.17. The van der Waals surface area contributed by atoms with Gasteiger partial charge >= 0.3 is 0 Å². The summed E-state index contributed by atoms with van der Waals surface area (Å²) in [5.41, 5.74) is 3.15. The van der Waals surface area contributed by atoms with Crippen molar-refractivity contribution in [3.8, 4) is 0 Å². The van der Waals surface area contributed by atoms with Gasteiger partial charge in [0.2, 0.25) is 0 Å². The molecule has 1 heterocycles. The molecule has 2 aromatic carbocycles. The molecule has 0 fully saturated rings. The lowest BCUT2D eigenvalue weighted by molar-refractivity contribution is 1.37. The number of halogens is 1. The maximum absolute atomic E-state index is 4.63. The summed E-state index contributed by atoms with van der Waals surface area (Å²) in [7, 11) is 0. The Kier molecular flexibility index (Phi) is 3.43. The van der Waals surface area contributed by atoms with Crippen LogP contribution in [-0.4, -0.2) is 4.98 Å². The molecule has 1 nitrogen and oxygen atoms in total. The molecule has 3 aromatic rings. The van der Waals surface area contributed by atoms with Gasteiger partial charge in [-0.3, -0.25) is 0 Å². The topological polar surface area (TPSA) is 12.9 Å². The molecule has 0 aliphatic heterocycles. The maximum atomic E-state index is 4.63. The number of benzene rings is 2. The molecule has 0 bridgehead atoms. The highest BCUT2D eigenvalue weighted by atomic mass is 79.9. The maximum Gasteiger partial charge on any atom is 0.0720 e. The zero-order valence-corrected chi connectivity index (χ0v) is 11.8. The lowest BCUT2D eigenvalue weighted by Gasteiger charge is -2.01. The molecule has 3 rings (SSSR count). The quantitative estimate of drug-likeness (QED) is 0.636. The van der Waals surface area contributed by atoms with E-state index in [0.717, 1.165) is 21.1 Å². The summed E-state index contributed by atoms with van der Waals surface area (Å²) in [5, 5.41) is 1.14. The smallest absolute Gasteiger partial charge is 0.0720 e. The fraction of sp³-hybridized carbons (Fsp3) is 0. The van der Waals surface area contributed by atoms with Crippen LogP contribution in [0.4, 0.5) is 0 Å². The molecule has 0 aliphatic rings. The van der Waals surface area contributed by atoms with Crippen molar-refractivity contribution >= 4 is 39.0 Å². The molecule has 0 saturated heterocycles. The van der Waals surface area contributed by atoms with Crippen molar-refractivity contribution in [3.05, 3.63) is 76.4 Å². The van der Waals surface area contributed by atoms with Crippen LogP contribution in [-0.2, 0) is 0 Å². The largest absolute Gasteiger partial charge is 0.248 e. The van der Waals surface area contributed by atoms with Crippen LogP contribution in [0.3, 0.4) is 0 Å². The van der Waals surface area contributed by atoms with Crippen LogP contribution < -0.4 is 0 Å². The highest BCUT2D eigenvalue weighted by molar-refractivity contribution is 9.10. The molecule has 0 unspecified atom stereocenters. The van der Waals surface area contributed by atoms with E-state index in [1.54, 1.807) is 0 Å². The molecule has 0 atom stereocenters. The number of rotatable bonds is 2. The summed E-state index contributed by atoms with van der Waals surface area (Å²) in [6.45, 7) is 0. The van der Waals surface area contributed by atoms with Crippen molar-refractivity contribution in [2.24, 2.45) is 0 Å². The molecule has 0 saturated carbocycles. The van der Waals surface area contributed by atoms with Crippen molar-refractivity contribution in [2.45, 2.75) is 0 Å². The lowest BCUT2D eigenvalue weighted by atomic mass is 10.1. The summed E-state index contributed by atoms with van der Waals surface area (Å²) in [6, 6.07) is 20.4. The Morgan fingerprint density at radius 2 is 1.63 bits per heavy atom. The number of hydrogen-bond acceptors (Lipinski definition) is 1. The summed E-state index contributed by atoms with van der Waals surface area (Å²) < 4.78 is 1.08. The van der Waals surface area contributed by atoms with Crippen LogP contribution in [0.25, 0.3) is 23.1 Å². The summed E-state index contributed by atoms with van der Waals surface area (Å²) in [4.78, 5) is 4.63. The number of pyridine rings is 1. The highest BCUT2D eigenvalue weighted by Gasteiger charge is 1.99. The fourth-order valence-electron chi connectivity index (χ4n) is 1.97. The Bertz CT molecular complexity index is 733. The molecule has 0 amide bonds. The van der Waals surface area contributed by atoms with E-state index in [0.29, 0.717) is 0 Å². The molecule has 19 heavy (non-hydrogen) atoms. The molecule has 2 heteroatoms. The van der Waals surface area contributed by atoms with Crippen molar-refractivity contribution < 1.29 is 0 Å². The first-order chi connectivity index (χ1) is 9.33. The lowest BCUT2D eigenvalue weighted by Crippen LogP contribution is -1.83. The van der Waals surface area contributed by atoms with Crippen LogP contribution in [0.2, 0.25) is 0 Å². The van der Waals surface area contributed by atoms with Crippen molar-refractivity contribution in [3.63, 3.8) is 0 Å². The van der Waals surface area contributed by atoms with Gasteiger partial charge in [0.15, 0.2) is 0 Å². The molecule has 0 spiro atoms. The van der Waals surface area contributed by atoms with Gasteiger partial charge in [0.05, 0.1) is 11.2 Å². The second-order valence-corrected chi connectivity index (χ2v) is 5.14. The summed E-state index contributed by atoms with van der Waals surface area (Å²) >= 11 is 3.54. The van der Waals surface area contributed by atoms with E-state index in [-0.39, 0.29) is 0 Å². The van der Waals surface area contributed by atoms with Crippen LogP contribution in [0, 0.1) is 0 Å². The normalized spacial score (nSPS) is 11.2. The summed E-state index contributed by atoms with van der Waals surface area (Å²) in [6.07, 6.45) is 4.11. The van der Waals surface area contributed by atoms with Gasteiger partial charge in [-0.15, -0.1) is 0 Å². The Morgan fingerprint density at radius 1 is 0.789 bits per heavy atom. The Labute approximate surface area is 120 Å². The first-order valence-corrected chi connectivity index (χ1v) is 6.91. The fourth-order valence-corrected chi connectivity index (χ4v) is 2.46. The monoisotopic (exact) mass is 309 g/mol. The van der Waals surface area contributed by atoms with Crippen LogP contribution in [0.15, 0.2) is 65.1 Å². The SMILES string of the molecule is Brc1cccc2nc(/C=C\c3ccccc3)ccc12. The first kappa shape index (κ1) is 12.1. The van der Waals surface area contributed by atoms with E-state index < -0.39 is 0 Å². The predicted molar refractivity (Wildman–Crippen MR) is 84.8 cm³/mol. The van der Waals surface area contributed by atoms with Crippen molar-refractivity contribution in [1.82, 2.24) is 4.98 Å². The van der Waals surface area contributed by atoms with E-state index in [2.05, 4.69) is 45.2 Å². The second kappa shape index (κ2) is 5.37. The van der Waals surface area contributed by atoms with E-state index in [1.807, 2.05) is 48.5 Å². The number of fused-ring (bicyclic) bond motifs is 1. The third-order valence-electron chi connectivity index (χ3n) is 2.95. The minimum Gasteiger partial charge on any atom is -0.248 e. The molecular formula is C17H12BrN. The average molecular weight is 310 g/mol. The Hall–Kier alpha value is -1.93. The van der Waals surface area contributed by atoms with Crippen molar-refractivity contribution in [2.75, 3.05) is 0 Å². The number of hydrogen-bond donors (Lipinski definition) is 0. The zero-order valence-electron chi connectivity index (χ0n) is 10.3. The molecule has 0 aliphatic carbocycles. The minimum absolute atomic E-state index is 0.967. The van der Waals surface area contributed by atoms with Gasteiger partial charge in [-0.25, -0.2) is 4.98 Å². The van der Waals surface area contributed by atoms with Gasteiger partial charge in [0.1, 0.15) is 0 Å². The van der Waals surface area contributed by atoms with Gasteiger partial charge in [0, 0.05) is 9.86 Å². The van der Waals surface area contributed by atoms with E-state index >= 15 is 0 Å². The van der Waals surface area contributed by atoms with Crippen LogP contribution in [0.5, 0.6) is 0 Å². The molecule has 92 valence electrons.